The average molecular weight is 353 g/mol. The van der Waals surface area contributed by atoms with E-state index < -0.39 is 17.6 Å². The van der Waals surface area contributed by atoms with E-state index in [2.05, 4.69) is 14.7 Å². The number of benzene rings is 1. The van der Waals surface area contributed by atoms with Gasteiger partial charge in [-0.25, -0.2) is 9.37 Å². The average Bonchev–Trinajstić information content (AvgIpc) is 3.02. The quantitative estimate of drug-likeness (QED) is 0.490. The summed E-state index contributed by atoms with van der Waals surface area (Å²) in [5.41, 5.74) is 0.743. The van der Waals surface area contributed by atoms with Crippen molar-refractivity contribution >= 4 is 17.8 Å². The zero-order valence-corrected chi connectivity index (χ0v) is 12.9. The molecule has 0 aliphatic carbocycles. The predicted octanol–water partition coefficient (Wildman–Crippen LogP) is 5.35. The SMILES string of the molecule is Fc1cc(C(F)(F)F)cnc1NSc1c[nH]c(-c2ccccc2)c1. The van der Waals surface area contributed by atoms with Crippen LogP contribution in [0.4, 0.5) is 23.4 Å². The van der Waals surface area contributed by atoms with Crippen LogP contribution in [0.2, 0.25) is 0 Å². The summed E-state index contributed by atoms with van der Waals surface area (Å²) in [4.78, 5) is 7.31. The number of anilines is 1. The Morgan fingerprint density at radius 2 is 1.83 bits per heavy atom. The van der Waals surface area contributed by atoms with Gasteiger partial charge in [-0.1, -0.05) is 30.3 Å². The second kappa shape index (κ2) is 6.56. The fourth-order valence-corrected chi connectivity index (χ4v) is 2.65. The van der Waals surface area contributed by atoms with E-state index in [1.165, 1.54) is 0 Å². The van der Waals surface area contributed by atoms with Gasteiger partial charge in [-0.15, -0.1) is 0 Å². The lowest BCUT2D eigenvalue weighted by atomic mass is 10.2. The lowest BCUT2D eigenvalue weighted by Crippen LogP contribution is -2.07. The smallest absolute Gasteiger partial charge is 0.360 e. The summed E-state index contributed by atoms with van der Waals surface area (Å²) >= 11 is 1.05. The highest BCUT2D eigenvalue weighted by molar-refractivity contribution is 8.00. The Bertz CT molecular complexity index is 831. The third-order valence-electron chi connectivity index (χ3n) is 3.18. The highest BCUT2D eigenvalue weighted by Gasteiger charge is 2.31. The van der Waals surface area contributed by atoms with E-state index in [0.29, 0.717) is 12.3 Å². The summed E-state index contributed by atoms with van der Waals surface area (Å²) in [5, 5.41) is 0. The van der Waals surface area contributed by atoms with Gasteiger partial charge in [0.1, 0.15) is 0 Å². The molecule has 2 N–H and O–H groups in total. The highest BCUT2D eigenvalue weighted by atomic mass is 32.2. The molecule has 124 valence electrons. The summed E-state index contributed by atoms with van der Waals surface area (Å²) in [6.45, 7) is 0. The molecule has 0 amide bonds. The van der Waals surface area contributed by atoms with Gasteiger partial charge in [0.05, 0.1) is 5.56 Å². The van der Waals surface area contributed by atoms with E-state index in [9.17, 15) is 17.6 Å². The zero-order chi connectivity index (χ0) is 17.2. The Morgan fingerprint density at radius 1 is 1.08 bits per heavy atom. The number of rotatable bonds is 4. The van der Waals surface area contributed by atoms with Crippen LogP contribution >= 0.6 is 11.9 Å². The standard InChI is InChI=1S/C16H11F4N3S/c17-13-6-11(16(18,19)20)8-22-15(13)23-24-12-7-14(21-9-12)10-4-2-1-3-5-10/h1-9,21H,(H,22,23). The molecular formula is C16H11F4N3S. The minimum absolute atomic E-state index is 0.254. The van der Waals surface area contributed by atoms with Gasteiger partial charge in [0.15, 0.2) is 11.6 Å². The van der Waals surface area contributed by atoms with E-state index in [4.69, 9.17) is 0 Å². The van der Waals surface area contributed by atoms with Crippen LogP contribution in [0.1, 0.15) is 5.56 Å². The molecule has 3 nitrogen and oxygen atoms in total. The number of aromatic amines is 1. The van der Waals surface area contributed by atoms with Crippen molar-refractivity contribution in [1.82, 2.24) is 9.97 Å². The maximum Gasteiger partial charge on any atom is 0.417 e. The van der Waals surface area contributed by atoms with Crippen LogP contribution in [-0.2, 0) is 6.18 Å². The van der Waals surface area contributed by atoms with Crippen LogP contribution in [0.25, 0.3) is 11.3 Å². The topological polar surface area (TPSA) is 40.7 Å². The van der Waals surface area contributed by atoms with Crippen molar-refractivity contribution in [2.75, 3.05) is 4.72 Å². The molecule has 0 saturated carbocycles. The molecule has 0 aliphatic heterocycles. The lowest BCUT2D eigenvalue weighted by molar-refractivity contribution is -0.138. The van der Waals surface area contributed by atoms with E-state index in [1.807, 2.05) is 36.4 Å². The van der Waals surface area contributed by atoms with E-state index in [0.717, 1.165) is 28.1 Å². The fourth-order valence-electron chi connectivity index (χ4n) is 1.99. The van der Waals surface area contributed by atoms with Crippen molar-refractivity contribution in [2.45, 2.75) is 11.1 Å². The minimum Gasteiger partial charge on any atom is -0.360 e. The first kappa shape index (κ1) is 16.4. The maximum absolute atomic E-state index is 13.7. The molecule has 0 fully saturated rings. The molecule has 0 unspecified atom stereocenters. The Kier molecular flexibility index (Phi) is 4.48. The summed E-state index contributed by atoms with van der Waals surface area (Å²) in [5.74, 6) is -1.31. The molecule has 0 bridgehead atoms. The molecule has 0 atom stereocenters. The van der Waals surface area contributed by atoms with Crippen molar-refractivity contribution in [1.29, 1.82) is 0 Å². The zero-order valence-electron chi connectivity index (χ0n) is 12.1. The fraction of sp³-hybridized carbons (Fsp3) is 0.0625. The summed E-state index contributed by atoms with van der Waals surface area (Å²) in [6.07, 6.45) is -2.31. The summed E-state index contributed by atoms with van der Waals surface area (Å²) in [6, 6.07) is 11.8. The Labute approximate surface area is 139 Å². The van der Waals surface area contributed by atoms with E-state index in [-0.39, 0.29) is 5.82 Å². The van der Waals surface area contributed by atoms with Gasteiger partial charge in [0.2, 0.25) is 0 Å². The van der Waals surface area contributed by atoms with Gasteiger partial charge in [0.25, 0.3) is 0 Å². The summed E-state index contributed by atoms with van der Waals surface area (Å²) < 4.78 is 53.8. The number of nitrogens with zero attached hydrogens (tertiary/aromatic N) is 1. The van der Waals surface area contributed by atoms with Gasteiger partial charge in [-0.05, 0) is 29.6 Å². The van der Waals surface area contributed by atoms with Gasteiger partial charge in [-0.2, -0.15) is 13.2 Å². The minimum atomic E-state index is -4.62. The van der Waals surface area contributed by atoms with Gasteiger partial charge in [-0.3, -0.25) is 0 Å². The lowest BCUT2D eigenvalue weighted by Gasteiger charge is -2.08. The number of halogens is 4. The third kappa shape index (κ3) is 3.70. The van der Waals surface area contributed by atoms with Crippen LogP contribution in [-0.4, -0.2) is 9.97 Å². The molecule has 2 aromatic heterocycles. The van der Waals surface area contributed by atoms with Gasteiger partial charge < -0.3 is 9.71 Å². The molecular weight excluding hydrogens is 342 g/mol. The first-order valence-electron chi connectivity index (χ1n) is 6.83. The number of pyridine rings is 1. The Balaban J connectivity index is 1.69. The molecule has 24 heavy (non-hydrogen) atoms. The molecule has 0 radical (unpaired) electrons. The van der Waals surface area contributed by atoms with Crippen molar-refractivity contribution in [2.24, 2.45) is 0 Å². The first-order valence-corrected chi connectivity index (χ1v) is 7.64. The van der Waals surface area contributed by atoms with Gasteiger partial charge >= 0.3 is 6.18 Å². The molecule has 0 spiro atoms. The van der Waals surface area contributed by atoms with E-state index in [1.54, 1.807) is 6.20 Å². The maximum atomic E-state index is 13.7. The van der Waals surface area contributed by atoms with Crippen LogP contribution in [0.3, 0.4) is 0 Å². The molecule has 0 saturated heterocycles. The van der Waals surface area contributed by atoms with Crippen molar-refractivity contribution in [3.63, 3.8) is 0 Å². The van der Waals surface area contributed by atoms with Crippen LogP contribution in [0, 0.1) is 5.82 Å². The number of H-pyrrole nitrogens is 1. The first-order chi connectivity index (χ1) is 11.4. The highest BCUT2D eigenvalue weighted by Crippen LogP contribution is 2.31. The second-order valence-electron chi connectivity index (χ2n) is 4.87. The van der Waals surface area contributed by atoms with Crippen LogP contribution in [0.15, 0.2) is 59.8 Å². The van der Waals surface area contributed by atoms with Crippen molar-refractivity contribution < 1.29 is 17.6 Å². The molecule has 2 heterocycles. The Hall–Kier alpha value is -2.48. The van der Waals surface area contributed by atoms with Crippen LogP contribution in [0.5, 0.6) is 0 Å². The normalized spacial score (nSPS) is 11.5. The third-order valence-corrected chi connectivity index (χ3v) is 3.94. The number of alkyl halides is 3. The number of hydrogen-bond acceptors (Lipinski definition) is 3. The molecule has 8 heteroatoms. The number of nitrogens with one attached hydrogen (secondary N) is 2. The summed E-state index contributed by atoms with van der Waals surface area (Å²) in [7, 11) is 0. The molecule has 1 aromatic carbocycles. The van der Waals surface area contributed by atoms with E-state index >= 15 is 0 Å². The monoisotopic (exact) mass is 353 g/mol. The Morgan fingerprint density at radius 3 is 2.50 bits per heavy atom. The van der Waals surface area contributed by atoms with Gasteiger partial charge in [0, 0.05) is 23.0 Å². The number of hydrogen-bond donors (Lipinski definition) is 2. The molecule has 0 aliphatic rings. The largest absolute Gasteiger partial charge is 0.417 e. The number of aromatic nitrogens is 2. The predicted molar refractivity (Wildman–Crippen MR) is 84.9 cm³/mol. The van der Waals surface area contributed by atoms with Crippen LogP contribution < -0.4 is 4.72 Å². The second-order valence-corrected chi connectivity index (χ2v) is 5.75. The molecule has 3 rings (SSSR count). The van der Waals surface area contributed by atoms with Crippen molar-refractivity contribution in [3.8, 4) is 11.3 Å². The molecule has 3 aromatic rings. The van der Waals surface area contributed by atoms with Crippen molar-refractivity contribution in [3.05, 3.63) is 66.2 Å².